The summed E-state index contributed by atoms with van der Waals surface area (Å²) in [6.07, 6.45) is 0. The van der Waals surface area contributed by atoms with Crippen LogP contribution in [-0.4, -0.2) is 16.9 Å². The maximum absolute atomic E-state index is 5.60. The molecule has 0 unspecified atom stereocenters. The average molecular weight is 341 g/mol. The van der Waals surface area contributed by atoms with E-state index in [2.05, 4.69) is 42.5 Å². The molecule has 2 aromatic carbocycles. The second kappa shape index (κ2) is 6.88. The van der Waals surface area contributed by atoms with Gasteiger partial charge in [-0.25, -0.2) is 4.68 Å². The fourth-order valence-corrected chi connectivity index (χ4v) is 2.61. The summed E-state index contributed by atoms with van der Waals surface area (Å²) in [6, 6.07) is 13.8. The van der Waals surface area contributed by atoms with Crippen molar-refractivity contribution < 1.29 is 9.15 Å². The summed E-state index contributed by atoms with van der Waals surface area (Å²) in [7, 11) is 1.63. The molecule has 3 aromatic rings. The topological polar surface area (TPSA) is 52.2 Å². The second-order valence-electron chi connectivity index (χ2n) is 5.55. The van der Waals surface area contributed by atoms with Crippen molar-refractivity contribution >= 4 is 17.9 Å². The fraction of sp³-hybridized carbons (Fsp3) is 0.222. The molecule has 0 spiro atoms. The van der Waals surface area contributed by atoms with E-state index in [1.54, 1.807) is 11.8 Å². The van der Waals surface area contributed by atoms with Crippen molar-refractivity contribution in [2.24, 2.45) is 0 Å². The van der Waals surface area contributed by atoms with Crippen molar-refractivity contribution in [2.75, 3.05) is 12.4 Å². The molecule has 0 amide bonds. The third kappa shape index (κ3) is 3.49. The van der Waals surface area contributed by atoms with E-state index in [-0.39, 0.29) is 0 Å². The summed E-state index contributed by atoms with van der Waals surface area (Å²) < 4.78 is 12.4. The Kier molecular flexibility index (Phi) is 4.66. The van der Waals surface area contributed by atoms with Crippen molar-refractivity contribution in [3.63, 3.8) is 0 Å². The van der Waals surface area contributed by atoms with Gasteiger partial charge in [0.1, 0.15) is 12.4 Å². The zero-order valence-corrected chi connectivity index (χ0v) is 14.7. The normalized spacial score (nSPS) is 10.6. The summed E-state index contributed by atoms with van der Waals surface area (Å²) in [5, 5.41) is 7.77. The van der Waals surface area contributed by atoms with E-state index >= 15 is 0 Å². The second-order valence-corrected chi connectivity index (χ2v) is 5.90. The summed E-state index contributed by atoms with van der Waals surface area (Å²) in [4.78, 5) is 0.332. The molecule has 0 saturated carbocycles. The third-order valence-electron chi connectivity index (χ3n) is 3.74. The van der Waals surface area contributed by atoms with Crippen LogP contribution in [0.15, 0.2) is 46.9 Å². The van der Waals surface area contributed by atoms with Crippen molar-refractivity contribution in [3.05, 3.63) is 58.4 Å². The summed E-state index contributed by atoms with van der Waals surface area (Å²) in [6.45, 7) is 4.59. The molecule has 0 fully saturated rings. The Hall–Kier alpha value is -2.60. The molecule has 3 rings (SSSR count). The number of nitrogens with one attached hydrogen (secondary N) is 1. The highest BCUT2D eigenvalue weighted by molar-refractivity contribution is 7.71. The van der Waals surface area contributed by atoms with Gasteiger partial charge in [0.15, 0.2) is 0 Å². The smallest absolute Gasteiger partial charge is 0.289 e. The number of ether oxygens (including phenoxy) is 1. The highest BCUT2D eigenvalue weighted by Gasteiger charge is 2.08. The zero-order valence-electron chi connectivity index (χ0n) is 13.9. The largest absolute Gasteiger partial charge is 0.497 e. The molecule has 5 nitrogen and oxygen atoms in total. The Bertz CT molecular complexity index is 897. The quantitative estimate of drug-likeness (QED) is 0.689. The van der Waals surface area contributed by atoms with Gasteiger partial charge in [0.2, 0.25) is 5.89 Å². The summed E-state index contributed by atoms with van der Waals surface area (Å²) in [5.74, 6) is 1.28. The van der Waals surface area contributed by atoms with Gasteiger partial charge >= 0.3 is 0 Å². The number of rotatable bonds is 5. The number of benzene rings is 2. The lowest BCUT2D eigenvalue weighted by molar-refractivity contribution is 0.415. The van der Waals surface area contributed by atoms with Gasteiger partial charge in [-0.2, -0.15) is 0 Å². The standard InChI is InChI=1S/C18H19N3O2S/c1-12-4-9-16(13(2)10-12)19-11-21-18(24)23-17(20-21)14-5-7-15(22-3)8-6-14/h4-10,19H,11H2,1-3H3. The van der Waals surface area contributed by atoms with Crippen LogP contribution in [0.4, 0.5) is 5.69 Å². The molecule has 0 atom stereocenters. The molecule has 0 aliphatic carbocycles. The first-order valence-electron chi connectivity index (χ1n) is 7.60. The minimum absolute atomic E-state index is 0.332. The Morgan fingerprint density at radius 1 is 1.17 bits per heavy atom. The van der Waals surface area contributed by atoms with E-state index in [0.29, 0.717) is 17.4 Å². The van der Waals surface area contributed by atoms with E-state index in [1.165, 1.54) is 11.1 Å². The lowest BCUT2D eigenvalue weighted by atomic mass is 10.1. The van der Waals surface area contributed by atoms with E-state index in [4.69, 9.17) is 21.4 Å². The lowest BCUT2D eigenvalue weighted by Gasteiger charge is -2.09. The number of aromatic nitrogens is 2. The number of aryl methyl sites for hydroxylation is 2. The van der Waals surface area contributed by atoms with Gasteiger partial charge in [-0.05, 0) is 62.0 Å². The van der Waals surface area contributed by atoms with Crippen LogP contribution in [0.3, 0.4) is 0 Å². The maximum atomic E-state index is 5.60. The molecule has 24 heavy (non-hydrogen) atoms. The Balaban J connectivity index is 1.77. The van der Waals surface area contributed by atoms with Gasteiger partial charge in [-0.3, -0.25) is 0 Å². The maximum Gasteiger partial charge on any atom is 0.289 e. The first kappa shape index (κ1) is 16.3. The molecule has 0 bridgehead atoms. The minimum atomic E-state index is 0.332. The number of hydrogen-bond acceptors (Lipinski definition) is 5. The summed E-state index contributed by atoms with van der Waals surface area (Å²) >= 11 is 5.26. The van der Waals surface area contributed by atoms with E-state index in [0.717, 1.165) is 17.0 Å². The van der Waals surface area contributed by atoms with Crippen molar-refractivity contribution in [1.29, 1.82) is 0 Å². The number of nitrogens with zero attached hydrogens (tertiary/aromatic N) is 2. The van der Waals surface area contributed by atoms with Gasteiger partial charge in [0.05, 0.1) is 7.11 Å². The monoisotopic (exact) mass is 341 g/mol. The Labute approximate surface area is 145 Å². The predicted octanol–water partition coefficient (Wildman–Crippen LogP) is 4.57. The van der Waals surface area contributed by atoms with Gasteiger partial charge < -0.3 is 14.5 Å². The van der Waals surface area contributed by atoms with Crippen molar-refractivity contribution in [2.45, 2.75) is 20.5 Å². The number of methoxy groups -OCH3 is 1. The fourth-order valence-electron chi connectivity index (χ4n) is 2.43. The molecule has 1 heterocycles. The van der Waals surface area contributed by atoms with Crippen LogP contribution in [-0.2, 0) is 6.67 Å². The third-order valence-corrected chi connectivity index (χ3v) is 4.04. The average Bonchev–Trinajstić information content (AvgIpc) is 2.95. The predicted molar refractivity (Wildman–Crippen MR) is 96.9 cm³/mol. The Morgan fingerprint density at radius 2 is 1.92 bits per heavy atom. The van der Waals surface area contributed by atoms with Crippen LogP contribution >= 0.6 is 12.2 Å². The first-order chi connectivity index (χ1) is 11.6. The van der Waals surface area contributed by atoms with Crippen LogP contribution in [0.25, 0.3) is 11.5 Å². The van der Waals surface area contributed by atoms with Crippen LogP contribution in [0.2, 0.25) is 0 Å². The summed E-state index contributed by atoms with van der Waals surface area (Å²) in [5.41, 5.74) is 4.32. The van der Waals surface area contributed by atoms with Crippen molar-refractivity contribution in [1.82, 2.24) is 9.78 Å². The van der Waals surface area contributed by atoms with Gasteiger partial charge in [-0.15, -0.1) is 5.10 Å². The first-order valence-corrected chi connectivity index (χ1v) is 8.01. The molecule has 0 saturated heterocycles. The minimum Gasteiger partial charge on any atom is -0.497 e. The molecule has 124 valence electrons. The highest BCUT2D eigenvalue weighted by atomic mass is 32.1. The van der Waals surface area contributed by atoms with E-state index < -0.39 is 0 Å². The Morgan fingerprint density at radius 3 is 2.58 bits per heavy atom. The van der Waals surface area contributed by atoms with Crippen LogP contribution < -0.4 is 10.1 Å². The molecular weight excluding hydrogens is 322 g/mol. The van der Waals surface area contributed by atoms with Crippen molar-refractivity contribution in [3.8, 4) is 17.2 Å². The van der Waals surface area contributed by atoms with E-state index in [1.807, 2.05) is 24.3 Å². The highest BCUT2D eigenvalue weighted by Crippen LogP contribution is 2.21. The molecule has 0 aliphatic heterocycles. The van der Waals surface area contributed by atoms with Crippen LogP contribution in [0, 0.1) is 18.7 Å². The number of hydrogen-bond donors (Lipinski definition) is 1. The number of anilines is 1. The molecule has 6 heteroatoms. The lowest BCUT2D eigenvalue weighted by Crippen LogP contribution is -2.10. The van der Waals surface area contributed by atoms with Gasteiger partial charge in [-0.1, -0.05) is 17.7 Å². The SMILES string of the molecule is COc1ccc(-c2nn(CNc3ccc(C)cc3C)c(=S)o2)cc1. The molecular formula is C18H19N3O2S. The molecule has 1 N–H and O–H groups in total. The van der Waals surface area contributed by atoms with Gasteiger partial charge in [0, 0.05) is 11.3 Å². The molecule has 0 aliphatic rings. The molecule has 0 radical (unpaired) electrons. The van der Waals surface area contributed by atoms with Gasteiger partial charge in [0.25, 0.3) is 4.84 Å². The molecule has 1 aromatic heterocycles. The van der Waals surface area contributed by atoms with Crippen LogP contribution in [0.5, 0.6) is 5.75 Å². The zero-order chi connectivity index (χ0) is 17.1. The van der Waals surface area contributed by atoms with Crippen LogP contribution in [0.1, 0.15) is 11.1 Å². The van der Waals surface area contributed by atoms with E-state index in [9.17, 15) is 0 Å².